The number of nitrogens with one attached hydrogen (secondary N) is 1. The first kappa shape index (κ1) is 11.4. The first-order valence-corrected chi connectivity index (χ1v) is 6.28. The lowest BCUT2D eigenvalue weighted by atomic mass is 10.1. The topological polar surface area (TPSA) is 66.5 Å². The first-order valence-electron chi connectivity index (χ1n) is 5.49. The Hall–Kier alpha value is -1.69. The van der Waals surface area contributed by atoms with Crippen molar-refractivity contribution in [1.82, 2.24) is 10.2 Å². The summed E-state index contributed by atoms with van der Waals surface area (Å²) in [6, 6.07) is 4.78. The Morgan fingerprint density at radius 2 is 2.06 bits per heavy atom. The highest BCUT2D eigenvalue weighted by atomic mass is 79.9. The van der Waals surface area contributed by atoms with E-state index in [1.807, 2.05) is 12.1 Å². The quantitative estimate of drug-likeness (QED) is 0.781. The normalized spacial score (nSPS) is 22.4. The third kappa shape index (κ3) is 1.64. The number of rotatable bonds is 1. The van der Waals surface area contributed by atoms with E-state index in [4.69, 9.17) is 0 Å². The van der Waals surface area contributed by atoms with Crippen molar-refractivity contribution in [1.29, 1.82) is 0 Å². The molecule has 3 rings (SSSR count). The van der Waals surface area contributed by atoms with Gasteiger partial charge in [-0.25, -0.2) is 0 Å². The van der Waals surface area contributed by atoms with Gasteiger partial charge in [0, 0.05) is 16.6 Å². The van der Waals surface area contributed by atoms with Crippen LogP contribution < -0.4 is 5.32 Å². The second-order valence-corrected chi connectivity index (χ2v) is 5.28. The average molecular weight is 309 g/mol. The number of hydrogen-bond donors (Lipinski definition) is 1. The van der Waals surface area contributed by atoms with Gasteiger partial charge in [0.2, 0.25) is 11.8 Å². The van der Waals surface area contributed by atoms with Crippen molar-refractivity contribution in [3.05, 3.63) is 33.8 Å². The minimum atomic E-state index is -0.670. The number of benzene rings is 1. The van der Waals surface area contributed by atoms with Crippen molar-refractivity contribution in [2.45, 2.75) is 19.0 Å². The number of halogens is 1. The van der Waals surface area contributed by atoms with Crippen LogP contribution in [0.15, 0.2) is 22.7 Å². The molecular weight excluding hydrogens is 300 g/mol. The molecule has 0 saturated carbocycles. The van der Waals surface area contributed by atoms with Gasteiger partial charge in [0.05, 0.1) is 6.42 Å². The highest BCUT2D eigenvalue weighted by molar-refractivity contribution is 9.10. The highest BCUT2D eigenvalue weighted by Gasteiger charge is 2.41. The van der Waals surface area contributed by atoms with Crippen LogP contribution in [0, 0.1) is 0 Å². The minimum Gasteiger partial charge on any atom is -0.322 e. The van der Waals surface area contributed by atoms with E-state index in [1.54, 1.807) is 6.07 Å². The van der Waals surface area contributed by atoms with Crippen LogP contribution in [0.1, 0.15) is 22.3 Å². The number of carbonyl (C=O) groups excluding carboxylic acids is 3. The molecule has 2 heterocycles. The Morgan fingerprint density at radius 1 is 1.28 bits per heavy atom. The molecular formula is C12H9BrN2O3. The standard InChI is InChI=1S/C12H9BrN2O3/c13-7-2-1-6-5-15(12(18)8(6)3-7)9-4-10(16)14-11(9)17/h1-3,9H,4-5H2,(H,14,16,17). The number of fused-ring (bicyclic) bond motifs is 1. The summed E-state index contributed by atoms with van der Waals surface area (Å²) in [6.45, 7) is 0.382. The molecule has 0 bridgehead atoms. The zero-order valence-electron chi connectivity index (χ0n) is 9.27. The van der Waals surface area contributed by atoms with Crippen LogP contribution in [0.2, 0.25) is 0 Å². The second-order valence-electron chi connectivity index (χ2n) is 4.37. The van der Waals surface area contributed by atoms with Crippen LogP contribution >= 0.6 is 15.9 Å². The molecule has 2 aliphatic heterocycles. The summed E-state index contributed by atoms with van der Waals surface area (Å²) in [5.41, 5.74) is 1.48. The number of nitrogens with zero attached hydrogens (tertiary/aromatic N) is 1. The Bertz CT molecular complexity index is 585. The van der Waals surface area contributed by atoms with Crippen molar-refractivity contribution >= 4 is 33.7 Å². The van der Waals surface area contributed by atoms with Gasteiger partial charge in [0.15, 0.2) is 0 Å². The fourth-order valence-corrected chi connectivity index (χ4v) is 2.70. The summed E-state index contributed by atoms with van der Waals surface area (Å²) in [4.78, 5) is 36.4. The Labute approximate surface area is 111 Å². The highest BCUT2D eigenvalue weighted by Crippen LogP contribution is 2.29. The summed E-state index contributed by atoms with van der Waals surface area (Å²) < 4.78 is 0.823. The second kappa shape index (κ2) is 3.91. The molecule has 1 saturated heterocycles. The Kier molecular flexibility index (Phi) is 2.48. The maximum atomic E-state index is 12.2. The van der Waals surface area contributed by atoms with Crippen LogP contribution in [0.5, 0.6) is 0 Å². The van der Waals surface area contributed by atoms with Gasteiger partial charge in [-0.1, -0.05) is 22.0 Å². The average Bonchev–Trinajstić information content (AvgIpc) is 2.80. The van der Waals surface area contributed by atoms with Gasteiger partial charge in [-0.3, -0.25) is 19.7 Å². The molecule has 1 N–H and O–H groups in total. The smallest absolute Gasteiger partial charge is 0.255 e. The zero-order valence-corrected chi connectivity index (χ0v) is 10.9. The van der Waals surface area contributed by atoms with E-state index >= 15 is 0 Å². The van der Waals surface area contributed by atoms with Gasteiger partial charge >= 0.3 is 0 Å². The van der Waals surface area contributed by atoms with Crippen LogP contribution in [-0.2, 0) is 16.1 Å². The van der Waals surface area contributed by atoms with E-state index in [0.29, 0.717) is 12.1 Å². The van der Waals surface area contributed by atoms with E-state index in [2.05, 4.69) is 21.2 Å². The van der Waals surface area contributed by atoms with Gasteiger partial charge in [0.25, 0.3) is 5.91 Å². The van der Waals surface area contributed by atoms with E-state index < -0.39 is 6.04 Å². The van der Waals surface area contributed by atoms with Crippen LogP contribution in [-0.4, -0.2) is 28.7 Å². The lowest BCUT2D eigenvalue weighted by molar-refractivity contribution is -0.126. The summed E-state index contributed by atoms with van der Waals surface area (Å²) in [5, 5.41) is 2.22. The number of hydrogen-bond acceptors (Lipinski definition) is 3. The zero-order chi connectivity index (χ0) is 12.9. The molecule has 0 radical (unpaired) electrons. The molecule has 2 aliphatic rings. The van der Waals surface area contributed by atoms with Gasteiger partial charge in [0.1, 0.15) is 6.04 Å². The van der Waals surface area contributed by atoms with Crippen molar-refractivity contribution in [2.24, 2.45) is 0 Å². The van der Waals surface area contributed by atoms with Crippen LogP contribution in [0.3, 0.4) is 0 Å². The molecule has 1 aromatic rings. The molecule has 3 amide bonds. The maximum Gasteiger partial charge on any atom is 0.255 e. The molecule has 92 valence electrons. The third-order valence-electron chi connectivity index (χ3n) is 3.22. The summed E-state index contributed by atoms with van der Waals surface area (Å²) in [6.07, 6.45) is 0.0553. The molecule has 1 fully saturated rings. The van der Waals surface area contributed by atoms with Crippen LogP contribution in [0.25, 0.3) is 0 Å². The van der Waals surface area contributed by atoms with Crippen LogP contribution in [0.4, 0.5) is 0 Å². The molecule has 5 nitrogen and oxygen atoms in total. The van der Waals surface area contributed by atoms with E-state index in [0.717, 1.165) is 10.0 Å². The van der Waals surface area contributed by atoms with Gasteiger partial charge in [-0.15, -0.1) is 0 Å². The lowest BCUT2D eigenvalue weighted by Gasteiger charge is -2.20. The van der Waals surface area contributed by atoms with Crippen molar-refractivity contribution < 1.29 is 14.4 Å². The monoisotopic (exact) mass is 308 g/mol. The Morgan fingerprint density at radius 3 is 2.72 bits per heavy atom. The third-order valence-corrected chi connectivity index (χ3v) is 3.72. The predicted octanol–water partition coefficient (Wildman–Crippen LogP) is 0.820. The molecule has 0 aromatic heterocycles. The van der Waals surface area contributed by atoms with Gasteiger partial charge < -0.3 is 4.90 Å². The van der Waals surface area contributed by atoms with Gasteiger partial charge in [-0.05, 0) is 17.7 Å². The summed E-state index contributed by atoms with van der Waals surface area (Å²) in [5.74, 6) is -0.906. The fourth-order valence-electron chi connectivity index (χ4n) is 2.34. The first-order chi connectivity index (χ1) is 8.56. The van der Waals surface area contributed by atoms with E-state index in [9.17, 15) is 14.4 Å². The van der Waals surface area contributed by atoms with Crippen molar-refractivity contribution in [3.8, 4) is 0 Å². The predicted molar refractivity (Wildman–Crippen MR) is 65.6 cm³/mol. The largest absolute Gasteiger partial charge is 0.322 e. The van der Waals surface area contributed by atoms with Gasteiger partial charge in [-0.2, -0.15) is 0 Å². The van der Waals surface area contributed by atoms with Crippen molar-refractivity contribution in [2.75, 3.05) is 0 Å². The number of amides is 3. The molecule has 18 heavy (non-hydrogen) atoms. The molecule has 0 spiro atoms. The number of imide groups is 1. The minimum absolute atomic E-state index is 0.0553. The molecule has 0 aliphatic carbocycles. The maximum absolute atomic E-state index is 12.2. The van der Waals surface area contributed by atoms with Crippen molar-refractivity contribution in [3.63, 3.8) is 0 Å². The van der Waals surface area contributed by atoms with E-state index in [1.165, 1.54) is 4.90 Å². The number of carbonyl (C=O) groups is 3. The molecule has 1 aromatic carbocycles. The molecule has 6 heteroatoms. The summed E-state index contributed by atoms with van der Waals surface area (Å²) >= 11 is 3.31. The SMILES string of the molecule is O=C1CC(N2Cc3ccc(Br)cc3C2=O)C(=O)N1. The molecule has 1 unspecified atom stereocenters. The molecule has 1 atom stereocenters. The summed E-state index contributed by atoms with van der Waals surface area (Å²) in [7, 11) is 0. The Balaban J connectivity index is 1.93. The fraction of sp³-hybridized carbons (Fsp3) is 0.250. The van der Waals surface area contributed by atoms with E-state index in [-0.39, 0.29) is 24.1 Å². The lowest BCUT2D eigenvalue weighted by Crippen LogP contribution is -2.40.